The third-order valence-electron chi connectivity index (χ3n) is 3.20. The lowest BCUT2D eigenvalue weighted by molar-refractivity contribution is -0.144. The van der Waals surface area contributed by atoms with Gasteiger partial charge in [-0.1, -0.05) is 24.8 Å². The Morgan fingerprint density at radius 3 is 2.70 bits per heavy atom. The number of benzene rings is 1. The molecule has 0 saturated carbocycles. The molecule has 0 aromatic heterocycles. The summed E-state index contributed by atoms with van der Waals surface area (Å²) in [6.45, 7) is 4.81. The molecule has 0 bridgehead atoms. The second-order valence-corrected chi connectivity index (χ2v) is 6.13. The number of aliphatic carboxylic acids is 1. The van der Waals surface area contributed by atoms with Gasteiger partial charge in [0.15, 0.2) is 11.5 Å². The van der Waals surface area contributed by atoms with Crippen LogP contribution in [0, 0.1) is 0 Å². The summed E-state index contributed by atoms with van der Waals surface area (Å²) in [7, 11) is 0. The second-order valence-electron chi connectivity index (χ2n) is 4.84. The lowest BCUT2D eigenvalue weighted by Crippen LogP contribution is -2.39. The van der Waals surface area contributed by atoms with Crippen LogP contribution in [0.3, 0.4) is 0 Å². The molecular weight excluding hydrogens is 318 g/mol. The van der Waals surface area contributed by atoms with E-state index in [-0.39, 0.29) is 17.9 Å². The highest BCUT2D eigenvalue weighted by molar-refractivity contribution is 8.00. The van der Waals surface area contributed by atoms with Gasteiger partial charge in [0, 0.05) is 12.3 Å². The maximum Gasteiger partial charge on any atom is 0.312 e. The van der Waals surface area contributed by atoms with Crippen LogP contribution in [-0.2, 0) is 9.59 Å². The largest absolute Gasteiger partial charge is 0.487 e. The normalized spacial score (nSPS) is 16.9. The summed E-state index contributed by atoms with van der Waals surface area (Å²) in [5, 5.41) is 8.56. The fraction of sp³-hybridized carbons (Fsp3) is 0.375. The van der Waals surface area contributed by atoms with Gasteiger partial charge in [-0.3, -0.25) is 9.59 Å². The molecule has 1 heterocycles. The van der Waals surface area contributed by atoms with Crippen LogP contribution in [0.25, 0.3) is 0 Å². The second kappa shape index (κ2) is 8.47. The Balaban J connectivity index is 1.95. The van der Waals surface area contributed by atoms with E-state index in [1.54, 1.807) is 34.9 Å². The Hall–Kier alpha value is -2.15. The monoisotopic (exact) mass is 337 g/mol. The molecule has 1 N–H and O–H groups in total. The third-order valence-corrected chi connectivity index (χ3v) is 4.39. The van der Waals surface area contributed by atoms with Crippen molar-refractivity contribution in [2.24, 2.45) is 0 Å². The number of rotatable bonds is 8. The quantitative estimate of drug-likeness (QED) is 0.578. The number of carbonyl (C=O) groups excluding carboxylic acids is 1. The van der Waals surface area contributed by atoms with E-state index in [2.05, 4.69) is 6.58 Å². The Kier molecular flexibility index (Phi) is 6.34. The Morgan fingerprint density at radius 2 is 2.04 bits per heavy atom. The molecule has 0 spiro atoms. The maximum absolute atomic E-state index is 11.9. The van der Waals surface area contributed by atoms with Crippen LogP contribution in [0.15, 0.2) is 36.9 Å². The number of amides is 1. The van der Waals surface area contributed by atoms with E-state index in [0.717, 1.165) is 5.75 Å². The molecule has 1 aromatic rings. The van der Waals surface area contributed by atoms with Gasteiger partial charge in [-0.25, -0.2) is 0 Å². The number of ether oxygens (including phenoxy) is 2. The molecule has 1 aliphatic heterocycles. The fourth-order valence-corrected chi connectivity index (χ4v) is 3.32. The van der Waals surface area contributed by atoms with Crippen LogP contribution >= 0.6 is 11.8 Å². The molecule has 23 heavy (non-hydrogen) atoms. The van der Waals surface area contributed by atoms with Crippen molar-refractivity contribution in [1.29, 1.82) is 0 Å². The average Bonchev–Trinajstić information content (AvgIpc) is 2.99. The standard InChI is InChI=1S/C16H19NO5S/c1-2-8-21-12-5-3-4-6-13(12)22-11-15-17(7-9-23-15)14(18)10-16(19)20/h2-6,15H,1,7-11H2,(H,19,20). The summed E-state index contributed by atoms with van der Waals surface area (Å²) in [5.41, 5.74) is 0. The van der Waals surface area contributed by atoms with E-state index in [0.29, 0.717) is 24.7 Å². The molecule has 1 fully saturated rings. The number of thioether (sulfide) groups is 1. The Bertz CT molecular complexity index is 577. The molecule has 0 radical (unpaired) electrons. The van der Waals surface area contributed by atoms with Crippen molar-refractivity contribution >= 4 is 23.6 Å². The van der Waals surface area contributed by atoms with Crippen molar-refractivity contribution in [1.82, 2.24) is 4.90 Å². The molecular formula is C16H19NO5S. The SMILES string of the molecule is C=CCOc1ccccc1OCC1SCCN1C(=O)CC(=O)O. The number of para-hydroxylation sites is 2. The summed E-state index contributed by atoms with van der Waals surface area (Å²) in [5.74, 6) is 0.474. The van der Waals surface area contributed by atoms with Gasteiger partial charge in [-0.2, -0.15) is 0 Å². The highest BCUT2D eigenvalue weighted by atomic mass is 32.2. The van der Waals surface area contributed by atoms with E-state index in [9.17, 15) is 9.59 Å². The minimum Gasteiger partial charge on any atom is -0.487 e. The zero-order valence-corrected chi connectivity index (χ0v) is 13.5. The zero-order chi connectivity index (χ0) is 16.7. The van der Waals surface area contributed by atoms with Crippen LogP contribution in [0.4, 0.5) is 0 Å². The molecule has 0 aliphatic carbocycles. The van der Waals surface area contributed by atoms with Crippen molar-refractivity contribution in [2.45, 2.75) is 11.8 Å². The topological polar surface area (TPSA) is 76.1 Å². The first-order valence-electron chi connectivity index (χ1n) is 7.20. The van der Waals surface area contributed by atoms with Crippen LogP contribution in [0.1, 0.15) is 6.42 Å². The lowest BCUT2D eigenvalue weighted by atomic mass is 10.3. The van der Waals surface area contributed by atoms with Gasteiger partial charge < -0.3 is 19.5 Å². The Labute approximate surface area is 139 Å². The van der Waals surface area contributed by atoms with Crippen LogP contribution in [0.2, 0.25) is 0 Å². The minimum atomic E-state index is -1.12. The number of hydrogen-bond donors (Lipinski definition) is 1. The first-order chi connectivity index (χ1) is 11.1. The van der Waals surface area contributed by atoms with Crippen molar-refractivity contribution in [3.05, 3.63) is 36.9 Å². The number of carboxylic acids is 1. The van der Waals surface area contributed by atoms with E-state index in [1.807, 2.05) is 12.1 Å². The van der Waals surface area contributed by atoms with E-state index in [4.69, 9.17) is 14.6 Å². The van der Waals surface area contributed by atoms with E-state index >= 15 is 0 Å². The highest BCUT2D eigenvalue weighted by Gasteiger charge is 2.31. The zero-order valence-electron chi connectivity index (χ0n) is 12.6. The highest BCUT2D eigenvalue weighted by Crippen LogP contribution is 2.29. The number of carbonyl (C=O) groups is 2. The number of hydrogen-bond acceptors (Lipinski definition) is 5. The summed E-state index contributed by atoms with van der Waals surface area (Å²) >= 11 is 1.58. The van der Waals surface area contributed by atoms with Gasteiger partial charge in [0.25, 0.3) is 0 Å². The summed E-state index contributed by atoms with van der Waals surface area (Å²) in [6, 6.07) is 7.28. The molecule has 124 valence electrons. The molecule has 1 amide bonds. The van der Waals surface area contributed by atoms with Gasteiger partial charge in [0.2, 0.25) is 5.91 Å². The molecule has 1 atom stereocenters. The summed E-state index contributed by atoms with van der Waals surface area (Å²) < 4.78 is 11.3. The van der Waals surface area contributed by atoms with Crippen molar-refractivity contribution in [2.75, 3.05) is 25.5 Å². The van der Waals surface area contributed by atoms with Crippen molar-refractivity contribution in [3.8, 4) is 11.5 Å². The average molecular weight is 337 g/mol. The van der Waals surface area contributed by atoms with Gasteiger partial charge in [0.05, 0.1) is 0 Å². The minimum absolute atomic E-state index is 0.186. The van der Waals surface area contributed by atoms with Crippen molar-refractivity contribution in [3.63, 3.8) is 0 Å². The molecule has 7 heteroatoms. The van der Waals surface area contributed by atoms with Crippen LogP contribution in [0.5, 0.6) is 11.5 Å². The molecule has 1 aliphatic rings. The van der Waals surface area contributed by atoms with Crippen LogP contribution in [-0.4, -0.2) is 52.8 Å². The Morgan fingerprint density at radius 1 is 1.35 bits per heavy atom. The number of carboxylic acid groups (broad SMARTS) is 1. The van der Waals surface area contributed by atoms with Crippen molar-refractivity contribution < 1.29 is 24.2 Å². The first kappa shape index (κ1) is 17.2. The molecule has 6 nitrogen and oxygen atoms in total. The van der Waals surface area contributed by atoms with Gasteiger partial charge >= 0.3 is 5.97 Å². The third kappa shape index (κ3) is 4.92. The van der Waals surface area contributed by atoms with E-state index in [1.165, 1.54) is 0 Å². The summed E-state index contributed by atoms with van der Waals surface area (Å²) in [4.78, 5) is 24.2. The predicted octanol–water partition coefficient (Wildman–Crippen LogP) is 2.01. The lowest BCUT2D eigenvalue weighted by Gasteiger charge is -2.23. The van der Waals surface area contributed by atoms with Gasteiger partial charge in [-0.15, -0.1) is 11.8 Å². The molecule has 1 unspecified atom stereocenters. The molecule has 1 saturated heterocycles. The van der Waals surface area contributed by atoms with E-state index < -0.39 is 12.4 Å². The first-order valence-corrected chi connectivity index (χ1v) is 8.25. The van der Waals surface area contributed by atoms with Crippen LogP contribution < -0.4 is 9.47 Å². The maximum atomic E-state index is 11.9. The fourth-order valence-electron chi connectivity index (χ4n) is 2.17. The predicted molar refractivity (Wildman–Crippen MR) is 87.8 cm³/mol. The summed E-state index contributed by atoms with van der Waals surface area (Å²) in [6.07, 6.45) is 1.16. The van der Waals surface area contributed by atoms with Gasteiger partial charge in [0.1, 0.15) is 25.0 Å². The molecule has 1 aromatic carbocycles. The molecule has 2 rings (SSSR count). The smallest absolute Gasteiger partial charge is 0.312 e. The number of nitrogens with zero attached hydrogens (tertiary/aromatic N) is 1. The van der Waals surface area contributed by atoms with Gasteiger partial charge in [-0.05, 0) is 12.1 Å².